The Kier molecular flexibility index (Phi) is 8.76. The van der Waals surface area contributed by atoms with Gasteiger partial charge in [0, 0.05) is 0 Å². The summed E-state index contributed by atoms with van der Waals surface area (Å²) >= 11 is 0. The molecule has 0 amide bonds. The molecule has 1 fully saturated rings. The Morgan fingerprint density at radius 1 is 1.15 bits per heavy atom. The highest BCUT2D eigenvalue weighted by molar-refractivity contribution is 5.76. The molecule has 184 valence electrons. The second-order valence-corrected chi connectivity index (χ2v) is 10.3. The zero-order valence-electron chi connectivity index (χ0n) is 19.9. The van der Waals surface area contributed by atoms with E-state index in [4.69, 9.17) is 9.84 Å². The largest absolute Gasteiger partial charge is 0.482 e. The minimum atomic E-state index is -1.21. The first-order valence-corrected chi connectivity index (χ1v) is 12.1. The maximum absolute atomic E-state index is 11.7. The molecule has 33 heavy (non-hydrogen) atoms. The Morgan fingerprint density at radius 2 is 1.91 bits per heavy atom. The Balaban J connectivity index is 1.61. The van der Waals surface area contributed by atoms with E-state index in [1.165, 1.54) is 5.56 Å². The van der Waals surface area contributed by atoms with Crippen LogP contribution in [0.1, 0.15) is 57.6 Å². The van der Waals surface area contributed by atoms with Crippen LogP contribution in [0.5, 0.6) is 5.75 Å². The topological polar surface area (TPSA) is 113 Å². The predicted molar refractivity (Wildman–Crippen MR) is 123 cm³/mol. The smallest absolute Gasteiger partial charge is 0.344 e. The Bertz CT molecular complexity index is 821. The standard InChI is InChI=1S/C26H38O7/c1-15(2)9-16(3)22(27)8-7-19-20-10-17-5-4-6-24(21(17)11-18(20)12-23(19)28)32-14-26(31)33-13-25(29)30/h4-6,15-16,18-20,22-23,27-28H,7-14H2,1-3H3,(H,29,30)/t16?,18-,19+,20-,22+,23+/m0/s1. The molecule has 0 radical (unpaired) electrons. The molecule has 0 aliphatic heterocycles. The number of rotatable bonds is 11. The summed E-state index contributed by atoms with van der Waals surface area (Å²) in [7, 11) is 0. The van der Waals surface area contributed by atoms with Gasteiger partial charge in [-0.2, -0.15) is 0 Å². The molecular formula is C26H38O7. The van der Waals surface area contributed by atoms with Gasteiger partial charge in [-0.25, -0.2) is 9.59 Å². The lowest BCUT2D eigenvalue weighted by Crippen LogP contribution is -2.29. The number of aliphatic carboxylic acids is 1. The van der Waals surface area contributed by atoms with E-state index in [1.807, 2.05) is 12.1 Å². The van der Waals surface area contributed by atoms with Crippen LogP contribution in [-0.2, 0) is 27.2 Å². The first-order chi connectivity index (χ1) is 15.7. The molecule has 1 saturated carbocycles. The quantitative estimate of drug-likeness (QED) is 0.433. The van der Waals surface area contributed by atoms with Gasteiger partial charge in [-0.05, 0) is 85.3 Å². The Labute approximate surface area is 196 Å². The summed E-state index contributed by atoms with van der Waals surface area (Å²) in [6.45, 7) is 5.43. The Morgan fingerprint density at radius 3 is 2.61 bits per heavy atom. The van der Waals surface area contributed by atoms with Gasteiger partial charge in [-0.1, -0.05) is 32.9 Å². The molecule has 2 aliphatic rings. The van der Waals surface area contributed by atoms with Gasteiger partial charge in [0.15, 0.2) is 13.2 Å². The summed E-state index contributed by atoms with van der Waals surface area (Å²) in [5, 5.41) is 30.0. The molecule has 3 rings (SSSR count). The van der Waals surface area contributed by atoms with E-state index < -0.39 is 18.5 Å². The van der Waals surface area contributed by atoms with E-state index in [9.17, 15) is 19.8 Å². The number of hydrogen-bond donors (Lipinski definition) is 3. The van der Waals surface area contributed by atoms with Crippen LogP contribution in [0.25, 0.3) is 0 Å². The molecule has 1 aromatic rings. The average Bonchev–Trinajstić information content (AvgIpc) is 3.06. The van der Waals surface area contributed by atoms with Crippen molar-refractivity contribution in [1.29, 1.82) is 0 Å². The van der Waals surface area contributed by atoms with Gasteiger partial charge < -0.3 is 24.8 Å². The van der Waals surface area contributed by atoms with Crippen LogP contribution in [0.15, 0.2) is 18.2 Å². The molecule has 0 saturated heterocycles. The number of aliphatic hydroxyl groups is 2. The van der Waals surface area contributed by atoms with Crippen molar-refractivity contribution in [1.82, 2.24) is 0 Å². The van der Waals surface area contributed by atoms with E-state index in [0.717, 1.165) is 37.7 Å². The highest BCUT2D eigenvalue weighted by atomic mass is 16.6. The van der Waals surface area contributed by atoms with Crippen molar-refractivity contribution < 1.29 is 34.4 Å². The lowest BCUT2D eigenvalue weighted by molar-refractivity contribution is -0.156. The van der Waals surface area contributed by atoms with E-state index >= 15 is 0 Å². The lowest BCUT2D eigenvalue weighted by Gasteiger charge is -2.33. The summed E-state index contributed by atoms with van der Waals surface area (Å²) < 4.78 is 10.3. The number of hydrogen-bond acceptors (Lipinski definition) is 6. The molecule has 0 spiro atoms. The van der Waals surface area contributed by atoms with Gasteiger partial charge in [-0.15, -0.1) is 0 Å². The summed E-state index contributed by atoms with van der Waals surface area (Å²) in [6, 6.07) is 5.79. The van der Waals surface area contributed by atoms with Crippen molar-refractivity contribution in [3.05, 3.63) is 29.3 Å². The number of carboxylic acids is 1. The minimum absolute atomic E-state index is 0.180. The third-order valence-corrected chi connectivity index (χ3v) is 7.34. The molecule has 7 heteroatoms. The number of benzene rings is 1. The second kappa shape index (κ2) is 11.3. The van der Waals surface area contributed by atoms with Crippen LogP contribution < -0.4 is 4.74 Å². The molecule has 6 atom stereocenters. The number of aliphatic hydroxyl groups excluding tert-OH is 2. The number of ether oxygens (including phenoxy) is 2. The van der Waals surface area contributed by atoms with E-state index in [1.54, 1.807) is 0 Å². The highest BCUT2D eigenvalue weighted by Crippen LogP contribution is 2.48. The number of carbonyl (C=O) groups is 2. The third-order valence-electron chi connectivity index (χ3n) is 7.34. The van der Waals surface area contributed by atoms with Crippen molar-refractivity contribution in [2.24, 2.45) is 29.6 Å². The SMILES string of the molecule is CC(C)CC(C)[C@H](O)CC[C@@H]1[C@H]2Cc3cccc(OCC(=O)OCC(=O)O)c3C[C@H]2C[C@H]1O. The maximum Gasteiger partial charge on any atom is 0.344 e. The average molecular weight is 463 g/mol. The summed E-state index contributed by atoms with van der Waals surface area (Å²) in [4.78, 5) is 22.3. The summed E-state index contributed by atoms with van der Waals surface area (Å²) in [5.74, 6) is 0.402. The van der Waals surface area contributed by atoms with Gasteiger partial charge in [0.05, 0.1) is 12.2 Å². The summed E-state index contributed by atoms with van der Waals surface area (Å²) in [6.07, 6.45) is 4.20. The van der Waals surface area contributed by atoms with Gasteiger partial charge in [0.2, 0.25) is 0 Å². The first-order valence-electron chi connectivity index (χ1n) is 12.1. The third kappa shape index (κ3) is 6.70. The van der Waals surface area contributed by atoms with Crippen LogP contribution in [0.3, 0.4) is 0 Å². The molecule has 0 bridgehead atoms. The van der Waals surface area contributed by atoms with Gasteiger partial charge in [0.25, 0.3) is 0 Å². The predicted octanol–water partition coefficient (Wildman–Crippen LogP) is 3.23. The molecular weight excluding hydrogens is 424 g/mol. The fourth-order valence-electron chi connectivity index (χ4n) is 5.81. The van der Waals surface area contributed by atoms with Gasteiger partial charge in [-0.3, -0.25) is 0 Å². The molecule has 0 aromatic heterocycles. The molecule has 3 N–H and O–H groups in total. The molecule has 2 aliphatic carbocycles. The van der Waals surface area contributed by atoms with Crippen LogP contribution in [0, 0.1) is 29.6 Å². The van der Waals surface area contributed by atoms with E-state index in [2.05, 4.69) is 31.6 Å². The zero-order chi connectivity index (χ0) is 24.1. The minimum Gasteiger partial charge on any atom is -0.482 e. The van der Waals surface area contributed by atoms with Crippen molar-refractivity contribution in [2.75, 3.05) is 13.2 Å². The monoisotopic (exact) mass is 462 g/mol. The van der Waals surface area contributed by atoms with Crippen LogP contribution in [0.2, 0.25) is 0 Å². The van der Waals surface area contributed by atoms with Crippen molar-refractivity contribution in [3.8, 4) is 5.75 Å². The van der Waals surface area contributed by atoms with Crippen molar-refractivity contribution in [2.45, 2.75) is 71.5 Å². The van der Waals surface area contributed by atoms with Gasteiger partial charge >= 0.3 is 11.9 Å². The lowest BCUT2D eigenvalue weighted by atomic mass is 9.73. The van der Waals surface area contributed by atoms with Crippen molar-refractivity contribution >= 4 is 11.9 Å². The zero-order valence-corrected chi connectivity index (χ0v) is 19.9. The van der Waals surface area contributed by atoms with Crippen molar-refractivity contribution in [3.63, 3.8) is 0 Å². The van der Waals surface area contributed by atoms with Crippen LogP contribution in [0.4, 0.5) is 0 Å². The van der Waals surface area contributed by atoms with Gasteiger partial charge in [0.1, 0.15) is 5.75 Å². The highest BCUT2D eigenvalue weighted by Gasteiger charge is 2.45. The summed E-state index contributed by atoms with van der Waals surface area (Å²) in [5.41, 5.74) is 2.23. The molecule has 0 heterocycles. The van der Waals surface area contributed by atoms with E-state index in [-0.39, 0.29) is 30.7 Å². The van der Waals surface area contributed by atoms with Crippen LogP contribution >= 0.6 is 0 Å². The number of carbonyl (C=O) groups excluding carboxylic acids is 1. The fraction of sp³-hybridized carbons (Fsp3) is 0.692. The first kappa shape index (κ1) is 25.5. The second-order valence-electron chi connectivity index (χ2n) is 10.3. The maximum atomic E-state index is 11.7. The molecule has 1 unspecified atom stereocenters. The van der Waals surface area contributed by atoms with Crippen LogP contribution in [-0.4, -0.2) is 52.7 Å². The molecule has 1 aromatic carbocycles. The van der Waals surface area contributed by atoms with E-state index in [0.29, 0.717) is 29.9 Å². The normalized spacial score (nSPS) is 25.8. The fourth-order valence-corrected chi connectivity index (χ4v) is 5.81. The number of fused-ring (bicyclic) bond motifs is 2. The molecule has 7 nitrogen and oxygen atoms in total. The Hall–Kier alpha value is -2.12. The number of carboxylic acid groups (broad SMARTS) is 1. The number of esters is 1.